The van der Waals surface area contributed by atoms with Gasteiger partial charge in [0.1, 0.15) is 6.04 Å². The summed E-state index contributed by atoms with van der Waals surface area (Å²) in [5.74, 6) is -1.87. The Labute approximate surface area is 169 Å². The molecule has 8 nitrogen and oxygen atoms in total. The van der Waals surface area contributed by atoms with E-state index in [1.165, 1.54) is 6.42 Å². The van der Waals surface area contributed by atoms with Crippen LogP contribution in [0.25, 0.3) is 0 Å². The molecular formula is C21H26N4O4. The predicted octanol–water partition coefficient (Wildman–Crippen LogP) is 1.06. The number of piperidine rings is 2. The fourth-order valence-electron chi connectivity index (χ4n) is 4.59. The van der Waals surface area contributed by atoms with Crippen LogP contribution in [0, 0.1) is 0 Å². The van der Waals surface area contributed by atoms with E-state index in [9.17, 15) is 19.2 Å². The number of hydrogen-bond acceptors (Lipinski definition) is 6. The van der Waals surface area contributed by atoms with E-state index in [-0.39, 0.29) is 18.7 Å². The molecule has 0 radical (unpaired) electrons. The Morgan fingerprint density at radius 2 is 1.86 bits per heavy atom. The van der Waals surface area contributed by atoms with Crippen LogP contribution in [-0.4, -0.2) is 60.7 Å². The lowest BCUT2D eigenvalue weighted by Gasteiger charge is -2.38. The van der Waals surface area contributed by atoms with Gasteiger partial charge in [-0.15, -0.1) is 0 Å². The minimum absolute atomic E-state index is 0.121. The number of rotatable bonds is 5. The van der Waals surface area contributed by atoms with Crippen molar-refractivity contribution in [3.05, 3.63) is 29.3 Å². The van der Waals surface area contributed by atoms with Crippen molar-refractivity contribution in [2.24, 2.45) is 0 Å². The lowest BCUT2D eigenvalue weighted by atomic mass is 9.97. The second-order valence-corrected chi connectivity index (χ2v) is 7.91. The van der Waals surface area contributed by atoms with Crippen LogP contribution < -0.4 is 15.5 Å². The summed E-state index contributed by atoms with van der Waals surface area (Å²) in [4.78, 5) is 52.8. The number of hydrogen-bond donors (Lipinski definition) is 2. The SMILES string of the molecule is CNCCC1CCCCN1c1ccc2c(c1)C(=O)N(C1CCC(=O)NC1=O)C2=O. The molecule has 3 aliphatic rings. The second-order valence-electron chi connectivity index (χ2n) is 7.91. The molecule has 29 heavy (non-hydrogen) atoms. The smallest absolute Gasteiger partial charge is 0.262 e. The molecule has 1 aromatic carbocycles. The van der Waals surface area contributed by atoms with Gasteiger partial charge in [-0.2, -0.15) is 0 Å². The third kappa shape index (κ3) is 3.53. The van der Waals surface area contributed by atoms with E-state index < -0.39 is 23.8 Å². The summed E-state index contributed by atoms with van der Waals surface area (Å²) in [6, 6.07) is 4.85. The molecule has 8 heteroatoms. The molecule has 2 N–H and O–H groups in total. The zero-order chi connectivity index (χ0) is 20.5. The van der Waals surface area contributed by atoms with Gasteiger partial charge in [0, 0.05) is 24.7 Å². The third-order valence-corrected chi connectivity index (χ3v) is 6.11. The number of imide groups is 2. The molecule has 2 saturated heterocycles. The summed E-state index contributed by atoms with van der Waals surface area (Å²) < 4.78 is 0. The van der Waals surface area contributed by atoms with E-state index in [1.807, 2.05) is 13.1 Å². The Kier molecular flexibility index (Phi) is 5.36. The molecule has 4 rings (SSSR count). The van der Waals surface area contributed by atoms with Gasteiger partial charge in [0.2, 0.25) is 11.8 Å². The van der Waals surface area contributed by atoms with Gasteiger partial charge in [-0.05, 0) is 63.9 Å². The molecule has 2 unspecified atom stereocenters. The summed E-state index contributed by atoms with van der Waals surface area (Å²) in [7, 11) is 1.94. The maximum Gasteiger partial charge on any atom is 0.262 e. The second kappa shape index (κ2) is 7.94. The minimum atomic E-state index is -0.929. The van der Waals surface area contributed by atoms with E-state index in [4.69, 9.17) is 0 Å². The van der Waals surface area contributed by atoms with Crippen LogP contribution in [0.4, 0.5) is 5.69 Å². The average molecular weight is 398 g/mol. The zero-order valence-electron chi connectivity index (χ0n) is 16.6. The maximum atomic E-state index is 13.0. The zero-order valence-corrected chi connectivity index (χ0v) is 16.6. The molecule has 4 amide bonds. The summed E-state index contributed by atoms with van der Waals surface area (Å²) >= 11 is 0. The highest BCUT2D eigenvalue weighted by molar-refractivity contribution is 6.23. The largest absolute Gasteiger partial charge is 0.368 e. The molecule has 3 heterocycles. The topological polar surface area (TPSA) is 98.8 Å². The molecule has 0 bridgehead atoms. The van der Waals surface area contributed by atoms with E-state index in [0.717, 1.165) is 42.9 Å². The minimum Gasteiger partial charge on any atom is -0.368 e. The third-order valence-electron chi connectivity index (χ3n) is 6.11. The maximum absolute atomic E-state index is 13.0. The highest BCUT2D eigenvalue weighted by Gasteiger charge is 2.44. The molecule has 2 fully saturated rings. The first-order chi connectivity index (χ1) is 14.0. The van der Waals surface area contributed by atoms with E-state index in [1.54, 1.807) is 12.1 Å². The fourth-order valence-corrected chi connectivity index (χ4v) is 4.59. The van der Waals surface area contributed by atoms with Gasteiger partial charge >= 0.3 is 0 Å². The predicted molar refractivity (Wildman–Crippen MR) is 107 cm³/mol. The van der Waals surface area contributed by atoms with Crippen LogP contribution in [0.3, 0.4) is 0 Å². The summed E-state index contributed by atoms with van der Waals surface area (Å²) in [6.45, 7) is 1.85. The van der Waals surface area contributed by atoms with Crippen LogP contribution >= 0.6 is 0 Å². The van der Waals surface area contributed by atoms with Crippen molar-refractivity contribution in [2.75, 3.05) is 25.0 Å². The first-order valence-electron chi connectivity index (χ1n) is 10.3. The monoisotopic (exact) mass is 398 g/mol. The number of nitrogens with one attached hydrogen (secondary N) is 2. The van der Waals surface area contributed by atoms with E-state index >= 15 is 0 Å². The van der Waals surface area contributed by atoms with E-state index in [2.05, 4.69) is 15.5 Å². The fraction of sp³-hybridized carbons (Fsp3) is 0.524. The molecule has 0 spiro atoms. The number of nitrogens with zero attached hydrogens (tertiary/aromatic N) is 2. The molecule has 0 aromatic heterocycles. The van der Waals surface area contributed by atoms with Gasteiger partial charge in [-0.25, -0.2) is 0 Å². The van der Waals surface area contributed by atoms with Crippen LogP contribution in [-0.2, 0) is 9.59 Å². The lowest BCUT2D eigenvalue weighted by Crippen LogP contribution is -2.54. The van der Waals surface area contributed by atoms with Crippen LogP contribution in [0.2, 0.25) is 0 Å². The van der Waals surface area contributed by atoms with Crippen molar-refractivity contribution in [2.45, 2.75) is 50.6 Å². The van der Waals surface area contributed by atoms with Gasteiger partial charge in [0.25, 0.3) is 11.8 Å². The number of fused-ring (bicyclic) bond motifs is 1. The number of carbonyl (C=O) groups is 4. The quantitative estimate of drug-likeness (QED) is 0.720. The Morgan fingerprint density at radius 1 is 1.07 bits per heavy atom. The normalized spacial score (nSPS) is 24.7. The summed E-state index contributed by atoms with van der Waals surface area (Å²) in [5.41, 5.74) is 1.61. The van der Waals surface area contributed by atoms with Crippen molar-refractivity contribution in [3.63, 3.8) is 0 Å². The molecule has 0 aliphatic carbocycles. The Morgan fingerprint density at radius 3 is 2.62 bits per heavy atom. The van der Waals surface area contributed by atoms with Crippen molar-refractivity contribution >= 4 is 29.3 Å². The van der Waals surface area contributed by atoms with Crippen molar-refractivity contribution in [3.8, 4) is 0 Å². The highest BCUT2D eigenvalue weighted by Crippen LogP contribution is 2.33. The molecular weight excluding hydrogens is 372 g/mol. The van der Waals surface area contributed by atoms with Crippen LogP contribution in [0.5, 0.6) is 0 Å². The number of benzene rings is 1. The molecule has 154 valence electrons. The van der Waals surface area contributed by atoms with Gasteiger partial charge in [0.15, 0.2) is 0 Å². The van der Waals surface area contributed by atoms with Crippen molar-refractivity contribution in [1.29, 1.82) is 0 Å². The number of amides is 4. The molecule has 2 atom stereocenters. The van der Waals surface area contributed by atoms with Gasteiger partial charge < -0.3 is 10.2 Å². The summed E-state index contributed by atoms with van der Waals surface area (Å²) in [6.07, 6.45) is 4.70. The Bertz CT molecular complexity index is 868. The lowest BCUT2D eigenvalue weighted by molar-refractivity contribution is -0.136. The summed E-state index contributed by atoms with van der Waals surface area (Å²) in [5, 5.41) is 5.42. The van der Waals surface area contributed by atoms with Gasteiger partial charge in [0.05, 0.1) is 11.1 Å². The van der Waals surface area contributed by atoms with E-state index in [0.29, 0.717) is 17.2 Å². The first kappa shape index (κ1) is 19.6. The Hall–Kier alpha value is -2.74. The van der Waals surface area contributed by atoms with Crippen molar-refractivity contribution in [1.82, 2.24) is 15.5 Å². The number of anilines is 1. The first-order valence-corrected chi connectivity index (χ1v) is 10.3. The van der Waals surface area contributed by atoms with Gasteiger partial charge in [-0.1, -0.05) is 0 Å². The molecule has 3 aliphatic heterocycles. The average Bonchev–Trinajstić information content (AvgIpc) is 2.97. The van der Waals surface area contributed by atoms with Crippen LogP contribution in [0.1, 0.15) is 59.2 Å². The highest BCUT2D eigenvalue weighted by atomic mass is 16.2. The van der Waals surface area contributed by atoms with Gasteiger partial charge in [-0.3, -0.25) is 29.4 Å². The van der Waals surface area contributed by atoms with Crippen LogP contribution in [0.15, 0.2) is 18.2 Å². The standard InChI is InChI=1S/C21H26N4O4/c1-22-10-9-13-4-2-3-11-24(13)14-5-6-15-16(12-14)21(29)25(20(15)28)17-7-8-18(26)23-19(17)27/h5-6,12-13,17,22H,2-4,7-11H2,1H3,(H,23,26,27). The molecule has 0 saturated carbocycles. The Balaban J connectivity index is 1.60. The molecule has 1 aromatic rings. The number of carbonyl (C=O) groups excluding carboxylic acids is 4. The van der Waals surface area contributed by atoms with Crippen molar-refractivity contribution < 1.29 is 19.2 Å².